The van der Waals surface area contributed by atoms with E-state index in [1.807, 2.05) is 10.6 Å². The summed E-state index contributed by atoms with van der Waals surface area (Å²) in [6.07, 6.45) is 1.94. The van der Waals surface area contributed by atoms with Crippen molar-refractivity contribution in [2.75, 3.05) is 19.6 Å². The molecule has 6 nitrogen and oxygen atoms in total. The van der Waals surface area contributed by atoms with Gasteiger partial charge in [-0.05, 0) is 37.3 Å². The third-order valence-corrected chi connectivity index (χ3v) is 6.58. The molecule has 4 rings (SSSR count). The van der Waals surface area contributed by atoms with E-state index in [9.17, 15) is 23.5 Å². The lowest BCUT2D eigenvalue weighted by Crippen LogP contribution is -2.33. The molecule has 1 unspecified atom stereocenters. The number of rotatable bonds is 4. The van der Waals surface area contributed by atoms with E-state index in [1.54, 1.807) is 18.3 Å². The van der Waals surface area contributed by atoms with Gasteiger partial charge in [0.05, 0.1) is 22.1 Å². The van der Waals surface area contributed by atoms with Crippen LogP contribution in [0.1, 0.15) is 48.5 Å². The number of alkyl halides is 2. The number of fused-ring (bicyclic) bond motifs is 1. The molecule has 1 atom stereocenters. The quantitative estimate of drug-likeness (QED) is 0.720. The Morgan fingerprint density at radius 3 is 2.63 bits per heavy atom. The predicted octanol–water partition coefficient (Wildman–Crippen LogP) is 4.77. The van der Waals surface area contributed by atoms with Crippen LogP contribution in [0.3, 0.4) is 0 Å². The van der Waals surface area contributed by atoms with Crippen molar-refractivity contribution in [2.45, 2.75) is 44.1 Å². The molecule has 1 saturated carbocycles. The van der Waals surface area contributed by atoms with Gasteiger partial charge in [-0.3, -0.25) is 4.79 Å². The van der Waals surface area contributed by atoms with E-state index in [0.717, 1.165) is 5.52 Å². The number of nitrogens with zero attached hydrogens (tertiary/aromatic N) is 2. The highest BCUT2D eigenvalue weighted by Gasteiger charge is 2.35. The molecular formula is C21H24ClF2N3O3. The van der Waals surface area contributed by atoms with Crippen LogP contribution in [0.4, 0.5) is 13.6 Å². The van der Waals surface area contributed by atoms with E-state index < -0.39 is 12.0 Å². The number of hydrogen-bond donors (Lipinski definition) is 2. The number of benzene rings is 1. The topological polar surface area (TPSA) is 74.6 Å². The van der Waals surface area contributed by atoms with Crippen molar-refractivity contribution in [1.29, 1.82) is 0 Å². The first kappa shape index (κ1) is 20.9. The molecule has 0 spiro atoms. The minimum absolute atomic E-state index is 0.0383. The van der Waals surface area contributed by atoms with E-state index in [-0.39, 0.29) is 30.7 Å². The number of aromatic nitrogens is 1. The zero-order valence-electron chi connectivity index (χ0n) is 16.4. The van der Waals surface area contributed by atoms with Crippen LogP contribution in [-0.2, 0) is 0 Å². The molecule has 1 aromatic carbocycles. The Hall–Kier alpha value is -2.35. The zero-order chi connectivity index (χ0) is 21.5. The van der Waals surface area contributed by atoms with Gasteiger partial charge in [0.1, 0.15) is 0 Å². The van der Waals surface area contributed by atoms with E-state index in [2.05, 4.69) is 5.32 Å². The van der Waals surface area contributed by atoms with Gasteiger partial charge in [-0.1, -0.05) is 17.7 Å². The maximum atomic E-state index is 13.3. The molecule has 9 heteroatoms. The van der Waals surface area contributed by atoms with Gasteiger partial charge in [0, 0.05) is 44.1 Å². The third-order valence-electron chi connectivity index (χ3n) is 6.27. The van der Waals surface area contributed by atoms with Gasteiger partial charge in [0.15, 0.2) is 0 Å². The van der Waals surface area contributed by atoms with Crippen molar-refractivity contribution >= 4 is 34.5 Å². The third kappa shape index (κ3) is 4.10. The van der Waals surface area contributed by atoms with Crippen LogP contribution in [0, 0.1) is 5.92 Å². The second-order valence-corrected chi connectivity index (χ2v) is 8.67. The normalized spacial score (nSPS) is 21.8. The second-order valence-electron chi connectivity index (χ2n) is 8.26. The Morgan fingerprint density at radius 1 is 1.23 bits per heavy atom. The summed E-state index contributed by atoms with van der Waals surface area (Å²) in [6, 6.07) is 5.30. The van der Waals surface area contributed by atoms with Crippen molar-refractivity contribution < 1.29 is 23.5 Å². The fraction of sp³-hybridized carbons (Fsp3) is 0.524. The molecule has 0 radical (unpaired) electrons. The minimum atomic E-state index is -2.59. The molecular weight excluding hydrogens is 416 g/mol. The molecule has 2 amide bonds. The van der Waals surface area contributed by atoms with Crippen LogP contribution in [0.25, 0.3) is 10.9 Å². The summed E-state index contributed by atoms with van der Waals surface area (Å²) < 4.78 is 28.6. The molecule has 1 aliphatic heterocycles. The molecule has 2 aromatic rings. The fourth-order valence-corrected chi connectivity index (χ4v) is 4.79. The first-order chi connectivity index (χ1) is 14.2. The fourth-order valence-electron chi connectivity index (χ4n) is 4.52. The van der Waals surface area contributed by atoms with Gasteiger partial charge >= 0.3 is 6.09 Å². The maximum absolute atomic E-state index is 13.3. The Balaban J connectivity index is 1.54. The predicted molar refractivity (Wildman–Crippen MR) is 109 cm³/mol. The molecule has 2 heterocycles. The number of carboxylic acid groups (broad SMARTS) is 1. The SMILES string of the molecule is O=C(NCC1CCC(F)(F)CC1)c1cn(C2CCN(C(=O)O)C2)c2cccc(Cl)c12. The zero-order valence-corrected chi connectivity index (χ0v) is 17.2. The summed E-state index contributed by atoms with van der Waals surface area (Å²) in [5.74, 6) is -2.85. The molecule has 2 N–H and O–H groups in total. The molecule has 162 valence electrons. The highest BCUT2D eigenvalue weighted by Crippen LogP contribution is 2.36. The second kappa shape index (κ2) is 8.06. The summed E-state index contributed by atoms with van der Waals surface area (Å²) in [5, 5.41) is 13.2. The van der Waals surface area contributed by atoms with Crippen LogP contribution in [0.2, 0.25) is 5.02 Å². The van der Waals surface area contributed by atoms with Crippen LogP contribution in [0.5, 0.6) is 0 Å². The molecule has 1 aromatic heterocycles. The summed E-state index contributed by atoms with van der Waals surface area (Å²) in [6.45, 7) is 1.14. The van der Waals surface area contributed by atoms with E-state index in [1.165, 1.54) is 4.90 Å². The Morgan fingerprint density at radius 2 is 1.97 bits per heavy atom. The summed E-state index contributed by atoms with van der Waals surface area (Å²) in [5.41, 5.74) is 1.20. The highest BCUT2D eigenvalue weighted by atomic mass is 35.5. The molecule has 1 aliphatic carbocycles. The lowest BCUT2D eigenvalue weighted by Gasteiger charge is -2.28. The lowest BCUT2D eigenvalue weighted by molar-refractivity contribution is -0.0452. The van der Waals surface area contributed by atoms with E-state index in [0.29, 0.717) is 54.9 Å². The van der Waals surface area contributed by atoms with Crippen molar-refractivity contribution in [3.63, 3.8) is 0 Å². The number of amides is 2. The molecule has 0 bridgehead atoms. The van der Waals surface area contributed by atoms with E-state index in [4.69, 9.17) is 11.6 Å². The Kier molecular flexibility index (Phi) is 5.61. The number of hydrogen-bond acceptors (Lipinski definition) is 2. The smallest absolute Gasteiger partial charge is 0.407 e. The van der Waals surface area contributed by atoms with Gasteiger partial charge in [-0.2, -0.15) is 0 Å². The highest BCUT2D eigenvalue weighted by molar-refractivity contribution is 6.36. The van der Waals surface area contributed by atoms with Crippen LogP contribution in [-0.4, -0.2) is 52.1 Å². The van der Waals surface area contributed by atoms with Gasteiger partial charge < -0.3 is 19.9 Å². The van der Waals surface area contributed by atoms with Gasteiger partial charge in [-0.15, -0.1) is 0 Å². The monoisotopic (exact) mass is 439 g/mol. The first-order valence-corrected chi connectivity index (χ1v) is 10.6. The first-order valence-electron chi connectivity index (χ1n) is 10.2. The van der Waals surface area contributed by atoms with Crippen molar-refractivity contribution in [3.05, 3.63) is 35.0 Å². The van der Waals surface area contributed by atoms with E-state index >= 15 is 0 Å². The molecule has 2 aliphatic rings. The number of likely N-dealkylation sites (tertiary alicyclic amines) is 1. The average molecular weight is 440 g/mol. The molecule has 2 fully saturated rings. The number of carbonyl (C=O) groups is 2. The number of nitrogens with one attached hydrogen (secondary N) is 1. The Bertz CT molecular complexity index is 968. The van der Waals surface area contributed by atoms with Gasteiger partial charge in [0.2, 0.25) is 5.92 Å². The van der Waals surface area contributed by atoms with Crippen molar-refractivity contribution in [3.8, 4) is 0 Å². The number of carbonyl (C=O) groups excluding carboxylic acids is 1. The van der Waals surface area contributed by atoms with Crippen molar-refractivity contribution in [1.82, 2.24) is 14.8 Å². The Labute approximate surface area is 177 Å². The van der Waals surface area contributed by atoms with Crippen LogP contribution < -0.4 is 5.32 Å². The number of halogens is 3. The lowest BCUT2D eigenvalue weighted by atomic mass is 9.87. The summed E-state index contributed by atoms with van der Waals surface area (Å²) in [4.78, 5) is 25.6. The maximum Gasteiger partial charge on any atom is 0.407 e. The minimum Gasteiger partial charge on any atom is -0.465 e. The molecule has 1 saturated heterocycles. The van der Waals surface area contributed by atoms with Gasteiger partial charge in [-0.25, -0.2) is 13.6 Å². The van der Waals surface area contributed by atoms with Gasteiger partial charge in [0.25, 0.3) is 5.91 Å². The summed E-state index contributed by atoms with van der Waals surface area (Å²) in [7, 11) is 0. The molecule has 30 heavy (non-hydrogen) atoms. The van der Waals surface area contributed by atoms with Crippen LogP contribution >= 0.6 is 11.6 Å². The largest absolute Gasteiger partial charge is 0.465 e. The standard InChI is InChI=1S/C21H24ClF2N3O3/c22-16-2-1-3-17-18(16)15(12-27(17)14-6-9-26(11-14)20(29)30)19(28)25-10-13-4-7-21(23,24)8-5-13/h1-3,12-14H,4-11H2,(H,25,28)(H,29,30). The average Bonchev–Trinajstić information content (AvgIpc) is 3.32. The van der Waals surface area contributed by atoms with Crippen LogP contribution in [0.15, 0.2) is 24.4 Å². The summed E-state index contributed by atoms with van der Waals surface area (Å²) >= 11 is 6.40. The van der Waals surface area contributed by atoms with Crippen molar-refractivity contribution in [2.24, 2.45) is 5.92 Å².